The molecule has 1 aliphatic rings. The number of hydrogen-bond donors (Lipinski definition) is 1. The monoisotopic (exact) mass is 166 g/mol. The quantitative estimate of drug-likeness (QED) is 0.624. The van der Waals surface area contributed by atoms with E-state index in [4.69, 9.17) is 6.42 Å². The molecule has 1 heterocycles. The van der Waals surface area contributed by atoms with E-state index in [1.54, 1.807) is 0 Å². The van der Waals surface area contributed by atoms with E-state index in [1.165, 1.54) is 19.3 Å². The van der Waals surface area contributed by atoms with Crippen LogP contribution in [-0.4, -0.2) is 23.6 Å². The van der Waals surface area contributed by atoms with E-state index in [-0.39, 0.29) is 0 Å². The van der Waals surface area contributed by atoms with Crippen molar-refractivity contribution in [3.8, 4) is 12.3 Å². The number of nitrogens with one attached hydrogen (secondary N) is 1. The third-order valence-corrected chi connectivity index (χ3v) is 2.56. The second-order valence-corrected chi connectivity index (χ2v) is 3.58. The molecule has 0 saturated carbocycles. The third kappa shape index (κ3) is 2.23. The summed E-state index contributed by atoms with van der Waals surface area (Å²) in [6.45, 7) is 5.15. The highest BCUT2D eigenvalue weighted by Gasteiger charge is 2.23. The molecule has 1 saturated heterocycles. The summed E-state index contributed by atoms with van der Waals surface area (Å²) in [6, 6.07) is 1.25. The highest BCUT2D eigenvalue weighted by atomic mass is 15.5. The molecule has 0 aliphatic carbocycles. The van der Waals surface area contributed by atoms with Crippen molar-refractivity contribution < 1.29 is 0 Å². The molecule has 0 aromatic carbocycles. The van der Waals surface area contributed by atoms with Gasteiger partial charge < -0.3 is 0 Å². The van der Waals surface area contributed by atoms with Crippen molar-refractivity contribution in [2.45, 2.75) is 45.2 Å². The molecule has 12 heavy (non-hydrogen) atoms. The van der Waals surface area contributed by atoms with Crippen LogP contribution in [0.5, 0.6) is 0 Å². The van der Waals surface area contributed by atoms with Gasteiger partial charge >= 0.3 is 0 Å². The standard InChI is InChI=1S/C10H18N2/c1-4-8-11-12-9(2)6-5-7-10(12)3/h1,9-11H,5-8H2,2-3H3. The maximum absolute atomic E-state index is 5.20. The number of terminal acetylenes is 1. The Balaban J connectivity index is 2.41. The fraction of sp³-hybridized carbons (Fsp3) is 0.800. The summed E-state index contributed by atoms with van der Waals surface area (Å²) in [7, 11) is 0. The maximum Gasteiger partial charge on any atom is 0.0712 e. The van der Waals surface area contributed by atoms with Crippen molar-refractivity contribution in [2.24, 2.45) is 0 Å². The minimum absolute atomic E-state index is 0.627. The Kier molecular flexibility index (Phi) is 3.58. The zero-order valence-corrected chi connectivity index (χ0v) is 8.01. The van der Waals surface area contributed by atoms with E-state index in [0.717, 1.165) is 0 Å². The van der Waals surface area contributed by atoms with Gasteiger partial charge in [-0.3, -0.25) is 0 Å². The lowest BCUT2D eigenvalue weighted by Gasteiger charge is -2.38. The van der Waals surface area contributed by atoms with Crippen LogP contribution in [0.4, 0.5) is 0 Å². The van der Waals surface area contributed by atoms with Crippen LogP contribution in [0.2, 0.25) is 0 Å². The normalized spacial score (nSPS) is 31.4. The van der Waals surface area contributed by atoms with Crippen LogP contribution in [0, 0.1) is 12.3 Å². The molecular formula is C10H18N2. The van der Waals surface area contributed by atoms with Gasteiger partial charge in [0.15, 0.2) is 0 Å². The molecule has 2 unspecified atom stereocenters. The maximum atomic E-state index is 5.20. The highest BCUT2D eigenvalue weighted by Crippen LogP contribution is 2.19. The summed E-state index contributed by atoms with van der Waals surface area (Å²) in [4.78, 5) is 0. The lowest BCUT2D eigenvalue weighted by molar-refractivity contribution is 0.0521. The van der Waals surface area contributed by atoms with Crippen LogP contribution in [-0.2, 0) is 0 Å². The van der Waals surface area contributed by atoms with Gasteiger partial charge in [0, 0.05) is 12.1 Å². The lowest BCUT2D eigenvalue weighted by atomic mass is 10.00. The van der Waals surface area contributed by atoms with Gasteiger partial charge in [-0.15, -0.1) is 6.42 Å². The SMILES string of the molecule is C#CCNN1C(C)CCCC1C. The van der Waals surface area contributed by atoms with Crippen LogP contribution < -0.4 is 5.43 Å². The number of nitrogens with zero attached hydrogens (tertiary/aromatic N) is 1. The Morgan fingerprint density at radius 1 is 1.42 bits per heavy atom. The van der Waals surface area contributed by atoms with Crippen molar-refractivity contribution in [1.82, 2.24) is 10.4 Å². The first-order valence-corrected chi connectivity index (χ1v) is 4.71. The molecule has 0 amide bonds. The average molecular weight is 166 g/mol. The van der Waals surface area contributed by atoms with Crippen molar-refractivity contribution in [1.29, 1.82) is 0 Å². The summed E-state index contributed by atoms with van der Waals surface area (Å²) < 4.78 is 0. The number of piperidine rings is 1. The number of hydrazine groups is 1. The molecule has 0 bridgehead atoms. The van der Waals surface area contributed by atoms with Crippen LogP contribution in [0.25, 0.3) is 0 Å². The van der Waals surface area contributed by atoms with Gasteiger partial charge in [-0.25, -0.2) is 10.4 Å². The van der Waals surface area contributed by atoms with Crippen molar-refractivity contribution in [3.63, 3.8) is 0 Å². The summed E-state index contributed by atoms with van der Waals surface area (Å²) in [5, 5.41) is 2.30. The fourth-order valence-corrected chi connectivity index (χ4v) is 1.87. The van der Waals surface area contributed by atoms with Gasteiger partial charge in [0.25, 0.3) is 0 Å². The lowest BCUT2D eigenvalue weighted by Crippen LogP contribution is -2.52. The molecule has 2 atom stereocenters. The Hall–Kier alpha value is -0.520. The van der Waals surface area contributed by atoms with E-state index in [9.17, 15) is 0 Å². The summed E-state index contributed by atoms with van der Waals surface area (Å²) in [5.74, 6) is 2.60. The molecule has 0 aromatic rings. The van der Waals surface area contributed by atoms with Crippen LogP contribution in [0.15, 0.2) is 0 Å². The van der Waals surface area contributed by atoms with E-state index in [2.05, 4.69) is 30.2 Å². The zero-order valence-electron chi connectivity index (χ0n) is 8.01. The minimum Gasteiger partial charge on any atom is -0.243 e. The first-order chi connectivity index (χ1) is 5.75. The molecule has 1 fully saturated rings. The van der Waals surface area contributed by atoms with Crippen LogP contribution in [0.1, 0.15) is 33.1 Å². The van der Waals surface area contributed by atoms with E-state index >= 15 is 0 Å². The highest BCUT2D eigenvalue weighted by molar-refractivity contribution is 4.87. The largest absolute Gasteiger partial charge is 0.243 e. The topological polar surface area (TPSA) is 15.3 Å². The number of hydrogen-bond acceptors (Lipinski definition) is 2. The van der Waals surface area contributed by atoms with Gasteiger partial charge in [0.1, 0.15) is 0 Å². The molecule has 2 nitrogen and oxygen atoms in total. The molecule has 0 spiro atoms. The van der Waals surface area contributed by atoms with E-state index in [1.807, 2.05) is 0 Å². The fourth-order valence-electron chi connectivity index (χ4n) is 1.87. The Labute approximate surface area is 75.3 Å². The molecular weight excluding hydrogens is 148 g/mol. The Bertz CT molecular complexity index is 161. The van der Waals surface area contributed by atoms with Gasteiger partial charge in [-0.2, -0.15) is 0 Å². The molecule has 1 rings (SSSR count). The predicted molar refractivity (Wildman–Crippen MR) is 51.4 cm³/mol. The first-order valence-electron chi connectivity index (χ1n) is 4.71. The molecule has 1 N–H and O–H groups in total. The van der Waals surface area contributed by atoms with E-state index in [0.29, 0.717) is 18.6 Å². The molecule has 68 valence electrons. The van der Waals surface area contributed by atoms with Gasteiger partial charge in [-0.05, 0) is 26.7 Å². The second kappa shape index (κ2) is 4.49. The first kappa shape index (κ1) is 9.57. The average Bonchev–Trinajstić information content (AvgIpc) is 2.04. The Morgan fingerprint density at radius 3 is 2.50 bits per heavy atom. The van der Waals surface area contributed by atoms with E-state index < -0.39 is 0 Å². The minimum atomic E-state index is 0.627. The third-order valence-electron chi connectivity index (χ3n) is 2.56. The summed E-state index contributed by atoms with van der Waals surface area (Å²) >= 11 is 0. The van der Waals surface area contributed by atoms with Crippen LogP contribution in [0.3, 0.4) is 0 Å². The van der Waals surface area contributed by atoms with Crippen molar-refractivity contribution >= 4 is 0 Å². The summed E-state index contributed by atoms with van der Waals surface area (Å²) in [5.41, 5.74) is 3.27. The van der Waals surface area contributed by atoms with Crippen molar-refractivity contribution in [3.05, 3.63) is 0 Å². The van der Waals surface area contributed by atoms with Crippen molar-refractivity contribution in [2.75, 3.05) is 6.54 Å². The van der Waals surface area contributed by atoms with Gasteiger partial charge in [0.2, 0.25) is 0 Å². The predicted octanol–water partition coefficient (Wildman–Crippen LogP) is 1.39. The molecule has 2 heteroatoms. The van der Waals surface area contributed by atoms with Gasteiger partial charge in [-0.1, -0.05) is 12.3 Å². The summed E-state index contributed by atoms with van der Waals surface area (Å²) in [6.07, 6.45) is 9.10. The van der Waals surface area contributed by atoms with Gasteiger partial charge in [0.05, 0.1) is 6.54 Å². The molecule has 0 radical (unpaired) electrons. The molecule has 0 aromatic heterocycles. The smallest absolute Gasteiger partial charge is 0.0712 e. The zero-order chi connectivity index (χ0) is 8.97. The van der Waals surface area contributed by atoms with Crippen LogP contribution >= 0.6 is 0 Å². The molecule has 1 aliphatic heterocycles. The Morgan fingerprint density at radius 2 is 2.00 bits per heavy atom. The number of rotatable bonds is 2. The second-order valence-electron chi connectivity index (χ2n) is 3.58.